The van der Waals surface area contributed by atoms with E-state index >= 15 is 0 Å². The second-order valence-corrected chi connectivity index (χ2v) is 5.19. The van der Waals surface area contributed by atoms with Gasteiger partial charge in [0.2, 0.25) is 6.79 Å². The van der Waals surface area contributed by atoms with Gasteiger partial charge in [0.1, 0.15) is 0 Å². The van der Waals surface area contributed by atoms with Crippen molar-refractivity contribution in [2.75, 3.05) is 26.6 Å². The van der Waals surface area contributed by atoms with Crippen LogP contribution in [-0.2, 0) is 4.74 Å². The first-order chi connectivity index (χ1) is 9.25. The van der Waals surface area contributed by atoms with Crippen LogP contribution in [0, 0.1) is 5.41 Å². The van der Waals surface area contributed by atoms with E-state index in [1.807, 2.05) is 18.2 Å². The van der Waals surface area contributed by atoms with Gasteiger partial charge in [-0.2, -0.15) is 0 Å². The lowest BCUT2D eigenvalue weighted by Gasteiger charge is -2.40. The van der Waals surface area contributed by atoms with Gasteiger partial charge in [-0.3, -0.25) is 0 Å². The molecule has 19 heavy (non-hydrogen) atoms. The molecule has 104 valence electrons. The molecule has 3 N–H and O–H groups in total. The van der Waals surface area contributed by atoms with Gasteiger partial charge in [0.25, 0.3) is 0 Å². The summed E-state index contributed by atoms with van der Waals surface area (Å²) >= 11 is 0. The Labute approximate surface area is 112 Å². The lowest BCUT2D eigenvalue weighted by Crippen LogP contribution is -2.41. The van der Waals surface area contributed by atoms with Crippen LogP contribution in [0.5, 0.6) is 11.5 Å². The number of benzene rings is 1. The van der Waals surface area contributed by atoms with Crippen LogP contribution < -0.4 is 15.2 Å². The molecule has 5 nitrogen and oxygen atoms in total. The summed E-state index contributed by atoms with van der Waals surface area (Å²) in [7, 11) is 0. The molecule has 1 saturated heterocycles. The quantitative estimate of drug-likeness (QED) is 0.859. The van der Waals surface area contributed by atoms with Crippen LogP contribution in [0.3, 0.4) is 0 Å². The van der Waals surface area contributed by atoms with Gasteiger partial charge in [0.05, 0.1) is 6.10 Å². The zero-order valence-corrected chi connectivity index (χ0v) is 10.8. The molecule has 1 aromatic carbocycles. The standard InChI is InChI=1S/C14H19NO4/c15-8-14(3-5-17-6-4-14)13(16)10-1-2-11-12(7-10)19-9-18-11/h1-2,7,13,16H,3-6,8-9,15H2. The third-order valence-electron chi connectivity index (χ3n) is 4.19. The van der Waals surface area contributed by atoms with E-state index in [2.05, 4.69) is 0 Å². The number of nitrogens with two attached hydrogens (primary N) is 1. The molecule has 3 rings (SSSR count). The first-order valence-corrected chi connectivity index (χ1v) is 6.61. The summed E-state index contributed by atoms with van der Waals surface area (Å²) in [5.74, 6) is 1.42. The largest absolute Gasteiger partial charge is 0.454 e. The molecule has 0 bridgehead atoms. The Balaban J connectivity index is 1.87. The van der Waals surface area contributed by atoms with Gasteiger partial charge in [0.15, 0.2) is 11.5 Å². The van der Waals surface area contributed by atoms with Crippen molar-refractivity contribution in [3.8, 4) is 11.5 Å². The Hall–Kier alpha value is -1.30. The third-order valence-corrected chi connectivity index (χ3v) is 4.19. The molecular formula is C14H19NO4. The van der Waals surface area contributed by atoms with Gasteiger partial charge in [-0.15, -0.1) is 0 Å². The van der Waals surface area contributed by atoms with Crippen LogP contribution in [-0.4, -0.2) is 31.7 Å². The predicted molar refractivity (Wildman–Crippen MR) is 69.1 cm³/mol. The molecule has 0 radical (unpaired) electrons. The molecule has 1 atom stereocenters. The molecular weight excluding hydrogens is 246 g/mol. The maximum atomic E-state index is 10.7. The van der Waals surface area contributed by atoms with E-state index in [4.69, 9.17) is 19.9 Å². The Kier molecular flexibility index (Phi) is 3.35. The molecule has 2 aliphatic rings. The highest BCUT2D eigenvalue weighted by Gasteiger charge is 2.39. The molecule has 0 amide bonds. The molecule has 1 aromatic rings. The van der Waals surface area contributed by atoms with Gasteiger partial charge < -0.3 is 25.1 Å². The summed E-state index contributed by atoms with van der Waals surface area (Å²) in [4.78, 5) is 0. The average molecular weight is 265 g/mol. The van der Waals surface area contributed by atoms with Crippen molar-refractivity contribution in [3.63, 3.8) is 0 Å². The first kappa shape index (κ1) is 12.7. The van der Waals surface area contributed by atoms with E-state index < -0.39 is 6.10 Å². The Bertz CT molecular complexity index is 457. The van der Waals surface area contributed by atoms with Crippen LogP contribution in [0.4, 0.5) is 0 Å². The van der Waals surface area contributed by atoms with Crippen LogP contribution in [0.25, 0.3) is 0 Å². The summed E-state index contributed by atoms with van der Waals surface area (Å²) in [6.45, 7) is 1.99. The fourth-order valence-electron chi connectivity index (χ4n) is 2.80. The summed E-state index contributed by atoms with van der Waals surface area (Å²) < 4.78 is 16.0. The second kappa shape index (κ2) is 5.00. The summed E-state index contributed by atoms with van der Waals surface area (Å²) in [6, 6.07) is 5.56. The van der Waals surface area contributed by atoms with Crippen molar-refractivity contribution in [1.82, 2.24) is 0 Å². The van der Waals surface area contributed by atoms with Crippen LogP contribution in [0.15, 0.2) is 18.2 Å². The number of fused-ring (bicyclic) bond motifs is 1. The van der Waals surface area contributed by atoms with E-state index in [-0.39, 0.29) is 12.2 Å². The number of rotatable bonds is 3. The minimum absolute atomic E-state index is 0.241. The summed E-state index contributed by atoms with van der Waals surface area (Å²) in [6.07, 6.45) is 0.953. The predicted octanol–water partition coefficient (Wildman–Crippen LogP) is 1.20. The second-order valence-electron chi connectivity index (χ2n) is 5.19. The lowest BCUT2D eigenvalue weighted by atomic mass is 9.73. The number of aliphatic hydroxyl groups excluding tert-OH is 1. The van der Waals surface area contributed by atoms with Crippen molar-refractivity contribution in [3.05, 3.63) is 23.8 Å². The molecule has 5 heteroatoms. The molecule has 1 unspecified atom stereocenters. The van der Waals surface area contributed by atoms with Gasteiger partial charge in [-0.05, 0) is 30.5 Å². The number of ether oxygens (including phenoxy) is 3. The lowest BCUT2D eigenvalue weighted by molar-refractivity contribution is -0.0581. The molecule has 0 aromatic heterocycles. The minimum atomic E-state index is -0.601. The van der Waals surface area contributed by atoms with Crippen molar-refractivity contribution < 1.29 is 19.3 Å². The van der Waals surface area contributed by atoms with Gasteiger partial charge >= 0.3 is 0 Å². The zero-order chi connectivity index (χ0) is 13.3. The Morgan fingerprint density at radius 2 is 1.95 bits per heavy atom. The van der Waals surface area contributed by atoms with Crippen molar-refractivity contribution in [2.24, 2.45) is 11.1 Å². The maximum absolute atomic E-state index is 10.7. The molecule has 0 spiro atoms. The topological polar surface area (TPSA) is 73.9 Å². The molecule has 1 fully saturated rings. The first-order valence-electron chi connectivity index (χ1n) is 6.61. The van der Waals surface area contributed by atoms with Crippen LogP contribution in [0.2, 0.25) is 0 Å². The van der Waals surface area contributed by atoms with E-state index in [0.717, 1.165) is 24.2 Å². The SMILES string of the molecule is NCC1(C(O)c2ccc3c(c2)OCO3)CCOCC1. The number of hydrogen-bond donors (Lipinski definition) is 2. The zero-order valence-electron chi connectivity index (χ0n) is 10.8. The smallest absolute Gasteiger partial charge is 0.231 e. The summed E-state index contributed by atoms with van der Waals surface area (Å²) in [5.41, 5.74) is 6.45. The number of hydrogen-bond acceptors (Lipinski definition) is 5. The van der Waals surface area contributed by atoms with Crippen LogP contribution >= 0.6 is 0 Å². The Morgan fingerprint density at radius 1 is 1.21 bits per heavy atom. The normalized spacial score (nSPS) is 22.2. The monoisotopic (exact) mass is 265 g/mol. The Morgan fingerprint density at radius 3 is 2.68 bits per heavy atom. The van der Waals surface area contributed by atoms with Crippen molar-refractivity contribution >= 4 is 0 Å². The van der Waals surface area contributed by atoms with E-state index in [1.165, 1.54) is 0 Å². The average Bonchev–Trinajstić information content (AvgIpc) is 2.94. The van der Waals surface area contributed by atoms with E-state index in [1.54, 1.807) is 0 Å². The molecule has 2 aliphatic heterocycles. The summed E-state index contributed by atoms with van der Waals surface area (Å²) in [5, 5.41) is 10.7. The van der Waals surface area contributed by atoms with Gasteiger partial charge in [0, 0.05) is 25.2 Å². The van der Waals surface area contributed by atoms with Gasteiger partial charge in [-0.1, -0.05) is 6.07 Å². The highest BCUT2D eigenvalue weighted by atomic mass is 16.7. The van der Waals surface area contributed by atoms with Gasteiger partial charge in [-0.25, -0.2) is 0 Å². The van der Waals surface area contributed by atoms with Crippen molar-refractivity contribution in [1.29, 1.82) is 0 Å². The third kappa shape index (κ3) is 2.18. The maximum Gasteiger partial charge on any atom is 0.231 e. The molecule has 2 heterocycles. The number of aliphatic hydroxyl groups is 1. The highest BCUT2D eigenvalue weighted by molar-refractivity contribution is 5.45. The fourth-order valence-corrected chi connectivity index (χ4v) is 2.80. The van der Waals surface area contributed by atoms with Crippen LogP contribution in [0.1, 0.15) is 24.5 Å². The van der Waals surface area contributed by atoms with Crippen molar-refractivity contribution in [2.45, 2.75) is 18.9 Å². The van der Waals surface area contributed by atoms with E-state index in [9.17, 15) is 5.11 Å². The molecule has 0 aliphatic carbocycles. The minimum Gasteiger partial charge on any atom is -0.454 e. The highest BCUT2D eigenvalue weighted by Crippen LogP contribution is 2.44. The van der Waals surface area contributed by atoms with E-state index in [0.29, 0.717) is 25.5 Å². The molecule has 0 saturated carbocycles. The fraction of sp³-hybridized carbons (Fsp3) is 0.571.